The molecule has 190 valence electrons. The lowest BCUT2D eigenvalue weighted by Gasteiger charge is -2.19. The van der Waals surface area contributed by atoms with E-state index in [1.807, 2.05) is 13.8 Å². The molecule has 0 aromatic carbocycles. The Bertz CT molecular complexity index is 331. The highest BCUT2D eigenvalue weighted by atomic mass is 16.7. The zero-order valence-corrected chi connectivity index (χ0v) is 21.2. The van der Waals surface area contributed by atoms with Crippen molar-refractivity contribution in [2.75, 3.05) is 53.9 Å². The average Bonchev–Trinajstić information content (AvgIpc) is 3.57. The lowest BCUT2D eigenvalue weighted by atomic mass is 10.2. The molecule has 0 bridgehead atoms. The van der Waals surface area contributed by atoms with E-state index in [1.165, 1.54) is 19.3 Å². The normalized spacial score (nSPS) is 17.6. The zero-order valence-electron chi connectivity index (χ0n) is 21.2. The molecular formula is C23H51NO7. The molecule has 1 saturated heterocycles. The Labute approximate surface area is 191 Å². The summed E-state index contributed by atoms with van der Waals surface area (Å²) in [4.78, 5) is 5.14. The molecule has 8 nitrogen and oxygen atoms in total. The molecule has 0 saturated carbocycles. The predicted octanol–water partition coefficient (Wildman–Crippen LogP) is 3.70. The molecule has 0 radical (unpaired) electrons. The SMILES string of the molecule is CCCCC(C)O.CCCCC(C)OC(C)NOCCOC.COCCOCC1CO1. The van der Waals surface area contributed by atoms with Gasteiger partial charge in [0.2, 0.25) is 0 Å². The van der Waals surface area contributed by atoms with Crippen molar-refractivity contribution in [1.29, 1.82) is 0 Å². The largest absolute Gasteiger partial charge is 0.393 e. The van der Waals surface area contributed by atoms with E-state index in [1.54, 1.807) is 14.2 Å². The number of nitrogens with one attached hydrogen (secondary N) is 1. The van der Waals surface area contributed by atoms with Crippen LogP contribution in [0.25, 0.3) is 0 Å². The second-order valence-corrected chi connectivity index (χ2v) is 7.70. The molecule has 0 spiro atoms. The van der Waals surface area contributed by atoms with Gasteiger partial charge in [-0.05, 0) is 33.6 Å². The lowest BCUT2D eigenvalue weighted by molar-refractivity contribution is -0.113. The summed E-state index contributed by atoms with van der Waals surface area (Å²) in [6.45, 7) is 14.2. The Morgan fingerprint density at radius 3 is 2.00 bits per heavy atom. The summed E-state index contributed by atoms with van der Waals surface area (Å²) in [6.07, 6.45) is 7.28. The maximum Gasteiger partial charge on any atom is 0.127 e. The van der Waals surface area contributed by atoms with Gasteiger partial charge >= 0.3 is 0 Å². The van der Waals surface area contributed by atoms with Gasteiger partial charge < -0.3 is 28.8 Å². The summed E-state index contributed by atoms with van der Waals surface area (Å²) in [7, 11) is 3.31. The highest BCUT2D eigenvalue weighted by Gasteiger charge is 2.21. The summed E-state index contributed by atoms with van der Waals surface area (Å²) in [5.74, 6) is 0. The van der Waals surface area contributed by atoms with Gasteiger partial charge in [-0.15, -0.1) is 0 Å². The minimum Gasteiger partial charge on any atom is -0.393 e. The Morgan fingerprint density at radius 2 is 1.52 bits per heavy atom. The minimum atomic E-state index is -0.0973. The van der Waals surface area contributed by atoms with Crippen LogP contribution in [0.4, 0.5) is 0 Å². The Hall–Kier alpha value is -0.320. The third-order valence-corrected chi connectivity index (χ3v) is 4.15. The van der Waals surface area contributed by atoms with E-state index in [0.717, 1.165) is 32.5 Å². The smallest absolute Gasteiger partial charge is 0.127 e. The molecule has 8 heteroatoms. The molecule has 1 fully saturated rings. The number of ether oxygens (including phenoxy) is 5. The summed E-state index contributed by atoms with van der Waals surface area (Å²) >= 11 is 0. The van der Waals surface area contributed by atoms with E-state index >= 15 is 0 Å². The molecule has 0 amide bonds. The molecule has 4 atom stereocenters. The van der Waals surface area contributed by atoms with Crippen LogP contribution in [0.15, 0.2) is 0 Å². The van der Waals surface area contributed by atoms with Gasteiger partial charge in [-0.3, -0.25) is 4.84 Å². The van der Waals surface area contributed by atoms with Crippen molar-refractivity contribution in [3.63, 3.8) is 0 Å². The number of hydrogen-bond acceptors (Lipinski definition) is 8. The van der Waals surface area contributed by atoms with E-state index in [9.17, 15) is 0 Å². The first-order valence-electron chi connectivity index (χ1n) is 11.8. The zero-order chi connectivity index (χ0) is 23.7. The third-order valence-electron chi connectivity index (χ3n) is 4.15. The quantitative estimate of drug-likeness (QED) is 0.140. The molecule has 1 aliphatic heterocycles. The van der Waals surface area contributed by atoms with Crippen molar-refractivity contribution >= 4 is 0 Å². The number of hydrogen-bond donors (Lipinski definition) is 2. The highest BCUT2D eigenvalue weighted by molar-refractivity contribution is 4.66. The summed E-state index contributed by atoms with van der Waals surface area (Å²) in [6, 6.07) is 0. The first-order valence-corrected chi connectivity index (χ1v) is 11.8. The number of aliphatic hydroxyl groups excluding tert-OH is 1. The fourth-order valence-corrected chi connectivity index (χ4v) is 2.26. The number of hydroxylamine groups is 1. The predicted molar refractivity (Wildman–Crippen MR) is 124 cm³/mol. The maximum absolute atomic E-state index is 8.68. The molecule has 0 aromatic rings. The van der Waals surface area contributed by atoms with E-state index in [-0.39, 0.29) is 18.4 Å². The van der Waals surface area contributed by atoms with Gasteiger partial charge in [0.1, 0.15) is 12.3 Å². The minimum absolute atomic E-state index is 0.0753. The van der Waals surface area contributed by atoms with Crippen LogP contribution < -0.4 is 5.48 Å². The fourth-order valence-electron chi connectivity index (χ4n) is 2.26. The molecule has 1 heterocycles. The van der Waals surface area contributed by atoms with Gasteiger partial charge in [0, 0.05) is 14.2 Å². The van der Waals surface area contributed by atoms with Gasteiger partial charge in [-0.2, -0.15) is 5.48 Å². The monoisotopic (exact) mass is 453 g/mol. The van der Waals surface area contributed by atoms with Gasteiger partial charge in [-0.1, -0.05) is 39.5 Å². The van der Waals surface area contributed by atoms with Crippen LogP contribution in [-0.4, -0.2) is 83.5 Å². The fraction of sp³-hybridized carbons (Fsp3) is 1.00. The average molecular weight is 454 g/mol. The van der Waals surface area contributed by atoms with E-state index in [0.29, 0.717) is 32.5 Å². The topological polar surface area (TPSA) is 90.9 Å². The van der Waals surface area contributed by atoms with Crippen LogP contribution in [0.2, 0.25) is 0 Å². The van der Waals surface area contributed by atoms with Crippen molar-refractivity contribution < 1.29 is 33.6 Å². The summed E-state index contributed by atoms with van der Waals surface area (Å²) < 4.78 is 25.4. The van der Waals surface area contributed by atoms with Crippen LogP contribution in [-0.2, 0) is 28.5 Å². The molecule has 4 unspecified atom stereocenters. The third kappa shape index (κ3) is 31.9. The van der Waals surface area contributed by atoms with Crippen molar-refractivity contribution in [3.05, 3.63) is 0 Å². The molecule has 31 heavy (non-hydrogen) atoms. The van der Waals surface area contributed by atoms with E-state index < -0.39 is 0 Å². The van der Waals surface area contributed by atoms with Crippen LogP contribution in [0.3, 0.4) is 0 Å². The first kappa shape index (κ1) is 32.9. The standard InChI is InChI=1S/C11H25NO3.C6H12O3.C6H14O/c1-5-6-7-10(2)15-11(3)12-14-9-8-13-4;1-7-2-3-8-4-6-5-9-6;1-3-4-5-6(2)7/h10-12H,5-9H2,1-4H3;6H,2-5H2,1H3;6-7H,3-5H2,1-2H3. The van der Waals surface area contributed by atoms with Crippen LogP contribution in [0.5, 0.6) is 0 Å². The molecule has 0 aromatic heterocycles. The molecule has 1 rings (SSSR count). The maximum atomic E-state index is 8.68. The van der Waals surface area contributed by atoms with Crippen LogP contribution in [0, 0.1) is 0 Å². The Kier molecular flexibility index (Phi) is 27.5. The Balaban J connectivity index is 0. The first-order chi connectivity index (χ1) is 14.9. The number of methoxy groups -OCH3 is 2. The summed E-state index contributed by atoms with van der Waals surface area (Å²) in [5, 5.41) is 8.68. The molecule has 0 aliphatic carbocycles. The highest BCUT2D eigenvalue weighted by Crippen LogP contribution is 2.08. The van der Waals surface area contributed by atoms with Gasteiger partial charge in [-0.25, -0.2) is 0 Å². The van der Waals surface area contributed by atoms with Gasteiger partial charge in [0.15, 0.2) is 0 Å². The van der Waals surface area contributed by atoms with Crippen molar-refractivity contribution in [2.24, 2.45) is 0 Å². The number of epoxide rings is 1. The number of rotatable bonds is 18. The lowest BCUT2D eigenvalue weighted by Crippen LogP contribution is -2.32. The molecular weight excluding hydrogens is 402 g/mol. The van der Waals surface area contributed by atoms with Crippen molar-refractivity contribution in [3.8, 4) is 0 Å². The van der Waals surface area contributed by atoms with Gasteiger partial charge in [0.05, 0.1) is 51.8 Å². The molecule has 1 aliphatic rings. The van der Waals surface area contributed by atoms with Gasteiger partial charge in [0.25, 0.3) is 0 Å². The molecule has 2 N–H and O–H groups in total. The van der Waals surface area contributed by atoms with E-state index in [2.05, 4.69) is 26.3 Å². The summed E-state index contributed by atoms with van der Waals surface area (Å²) in [5.41, 5.74) is 2.82. The van der Waals surface area contributed by atoms with Crippen LogP contribution in [0.1, 0.15) is 73.1 Å². The second kappa shape index (κ2) is 25.9. The Morgan fingerprint density at radius 1 is 0.935 bits per heavy atom. The van der Waals surface area contributed by atoms with Crippen LogP contribution >= 0.6 is 0 Å². The number of aliphatic hydroxyl groups is 1. The van der Waals surface area contributed by atoms with Crippen molar-refractivity contribution in [2.45, 2.75) is 97.7 Å². The van der Waals surface area contributed by atoms with Crippen molar-refractivity contribution in [1.82, 2.24) is 5.48 Å². The second-order valence-electron chi connectivity index (χ2n) is 7.70. The number of unbranched alkanes of at least 4 members (excludes halogenated alkanes) is 2. The van der Waals surface area contributed by atoms with E-state index in [4.69, 9.17) is 33.6 Å².